The number of hydrogen-bond acceptors (Lipinski definition) is 12. The molecular formula is C34H43N9O3S. The minimum absolute atomic E-state index is 0.0906. The predicted octanol–water partition coefficient (Wildman–Crippen LogP) is 4.51. The zero-order chi connectivity index (χ0) is 32.9. The van der Waals surface area contributed by atoms with E-state index >= 15 is 0 Å². The Morgan fingerprint density at radius 3 is 2.79 bits per heavy atom. The number of aromatic nitrogens is 5. The highest BCUT2D eigenvalue weighted by atomic mass is 32.1. The smallest absolute Gasteiger partial charge is 0.219 e. The monoisotopic (exact) mass is 657 g/mol. The fourth-order valence-corrected chi connectivity index (χ4v) is 9.11. The highest BCUT2D eigenvalue weighted by molar-refractivity contribution is 7.16. The Labute approximate surface area is 278 Å². The van der Waals surface area contributed by atoms with Gasteiger partial charge in [0, 0.05) is 41.2 Å². The molecule has 12 nitrogen and oxygen atoms in total. The summed E-state index contributed by atoms with van der Waals surface area (Å²) in [5.74, 6) is 2.19. The van der Waals surface area contributed by atoms with Crippen molar-refractivity contribution < 1.29 is 14.4 Å². The molecule has 1 saturated heterocycles. The lowest BCUT2D eigenvalue weighted by atomic mass is 9.63. The van der Waals surface area contributed by atoms with Crippen LogP contribution in [0.15, 0.2) is 22.9 Å². The highest BCUT2D eigenvalue weighted by Crippen LogP contribution is 2.55. The number of nitrogen functional groups attached to an aromatic ring is 1. The second kappa shape index (κ2) is 12.6. The van der Waals surface area contributed by atoms with Crippen molar-refractivity contribution >= 4 is 16.3 Å². The van der Waals surface area contributed by atoms with Gasteiger partial charge in [0.25, 0.3) is 0 Å². The number of fused-ring (bicyclic) bond motifs is 4. The van der Waals surface area contributed by atoms with E-state index in [4.69, 9.17) is 30.1 Å². The Bertz CT molecular complexity index is 1800. The molecule has 0 saturated carbocycles. The number of thiophene rings is 1. The topological polar surface area (TPSA) is 164 Å². The summed E-state index contributed by atoms with van der Waals surface area (Å²) in [4.78, 5) is 13.4. The minimum atomic E-state index is -0.711. The minimum Gasteiger partial charge on any atom is -0.473 e. The van der Waals surface area contributed by atoms with E-state index in [1.54, 1.807) is 4.68 Å². The predicted molar refractivity (Wildman–Crippen MR) is 178 cm³/mol. The Morgan fingerprint density at radius 2 is 2.04 bits per heavy atom. The van der Waals surface area contributed by atoms with Crippen LogP contribution in [0.25, 0.3) is 17.3 Å². The fraction of sp³-hybridized carbons (Fsp3) is 0.559. The summed E-state index contributed by atoms with van der Waals surface area (Å²) in [6.45, 7) is 7.12. The normalized spacial score (nSPS) is 22.3. The average Bonchev–Trinajstić information content (AvgIpc) is 3.83. The maximum Gasteiger partial charge on any atom is 0.219 e. The number of nitrogens with two attached hydrogens (primary N) is 1. The summed E-state index contributed by atoms with van der Waals surface area (Å²) < 4.78 is 14.5. The quantitative estimate of drug-likeness (QED) is 0.217. The van der Waals surface area contributed by atoms with Gasteiger partial charge in [-0.3, -0.25) is 10.2 Å². The number of likely N-dealkylation sites (N-methyl/N-ethyl adjacent to an activating group) is 1. The van der Waals surface area contributed by atoms with Crippen LogP contribution in [-0.4, -0.2) is 72.9 Å². The van der Waals surface area contributed by atoms with Gasteiger partial charge in [-0.1, -0.05) is 5.16 Å². The lowest BCUT2D eigenvalue weighted by Crippen LogP contribution is -2.38. The lowest BCUT2D eigenvalue weighted by Gasteiger charge is -2.39. The number of nitriles is 1. The number of aliphatic hydroxyl groups excluding tert-OH is 1. The van der Waals surface area contributed by atoms with Gasteiger partial charge in [-0.2, -0.15) is 15.3 Å². The third-order valence-corrected chi connectivity index (χ3v) is 11.1. The molecule has 2 aliphatic carbocycles. The van der Waals surface area contributed by atoms with Gasteiger partial charge >= 0.3 is 0 Å². The van der Waals surface area contributed by atoms with Crippen LogP contribution < -0.4 is 15.8 Å². The molecular weight excluding hydrogens is 615 g/mol. The van der Waals surface area contributed by atoms with Crippen molar-refractivity contribution in [3.8, 4) is 29.3 Å². The van der Waals surface area contributed by atoms with Crippen LogP contribution in [-0.2, 0) is 24.7 Å². The van der Waals surface area contributed by atoms with Crippen LogP contribution in [0.5, 0.6) is 5.88 Å². The number of aliphatic hydroxyl groups is 1. The molecule has 5 heterocycles. The van der Waals surface area contributed by atoms with Crippen molar-refractivity contribution in [2.24, 2.45) is 0 Å². The lowest BCUT2D eigenvalue weighted by molar-refractivity contribution is 0.117. The van der Waals surface area contributed by atoms with E-state index in [0.29, 0.717) is 40.2 Å². The van der Waals surface area contributed by atoms with Crippen molar-refractivity contribution in [3.63, 3.8) is 0 Å². The molecule has 0 amide bonds. The van der Waals surface area contributed by atoms with Gasteiger partial charge in [0.1, 0.15) is 23.4 Å². The zero-order valence-electron chi connectivity index (χ0n) is 27.5. The van der Waals surface area contributed by atoms with Gasteiger partial charge in [0.05, 0.1) is 16.7 Å². The van der Waals surface area contributed by atoms with Crippen molar-refractivity contribution in [2.75, 3.05) is 19.3 Å². The molecule has 4 atom stereocenters. The molecule has 13 heteroatoms. The van der Waals surface area contributed by atoms with E-state index in [-0.39, 0.29) is 18.2 Å². The zero-order valence-corrected chi connectivity index (χ0v) is 28.3. The summed E-state index contributed by atoms with van der Waals surface area (Å²) in [5, 5.41) is 33.6. The maximum absolute atomic E-state index is 10.5. The van der Waals surface area contributed by atoms with Crippen molar-refractivity contribution in [1.29, 1.82) is 5.26 Å². The van der Waals surface area contributed by atoms with E-state index in [0.717, 1.165) is 80.5 Å². The van der Waals surface area contributed by atoms with E-state index in [9.17, 15) is 10.4 Å². The molecule has 47 heavy (non-hydrogen) atoms. The number of ether oxygens (including phenoxy) is 1. The number of likely N-dealkylation sites (tertiary alicyclic amines) is 1. The van der Waals surface area contributed by atoms with Gasteiger partial charge in [0.15, 0.2) is 23.1 Å². The molecule has 1 aliphatic heterocycles. The van der Waals surface area contributed by atoms with Gasteiger partial charge in [-0.25, -0.2) is 9.67 Å². The van der Waals surface area contributed by atoms with Crippen molar-refractivity contribution in [1.82, 2.24) is 35.1 Å². The average molecular weight is 658 g/mol. The Hall–Kier alpha value is -3.83. The van der Waals surface area contributed by atoms with Crippen LogP contribution in [0.3, 0.4) is 0 Å². The summed E-state index contributed by atoms with van der Waals surface area (Å²) >= 11 is 1.53. The van der Waals surface area contributed by atoms with Crippen LogP contribution in [0.1, 0.15) is 92.3 Å². The first-order chi connectivity index (χ1) is 22.7. The second-order valence-electron chi connectivity index (χ2n) is 13.6. The van der Waals surface area contributed by atoms with E-state index in [2.05, 4.69) is 35.4 Å². The van der Waals surface area contributed by atoms with E-state index in [1.807, 2.05) is 32.2 Å². The van der Waals surface area contributed by atoms with Gasteiger partial charge in [-0.15, -0.1) is 11.3 Å². The second-order valence-corrected chi connectivity index (χ2v) is 14.7. The Morgan fingerprint density at radius 1 is 1.23 bits per heavy atom. The molecule has 0 aromatic carbocycles. The number of anilines is 1. The number of rotatable bonds is 9. The first-order valence-corrected chi connectivity index (χ1v) is 17.5. The first kappa shape index (κ1) is 31.8. The van der Waals surface area contributed by atoms with Gasteiger partial charge < -0.3 is 20.1 Å². The molecule has 1 fully saturated rings. The molecule has 0 radical (unpaired) electrons. The van der Waals surface area contributed by atoms with Gasteiger partial charge in [0.2, 0.25) is 5.88 Å². The number of nitrogens with zero attached hydrogens (tertiary/aromatic N) is 7. The van der Waals surface area contributed by atoms with E-state index in [1.165, 1.54) is 16.2 Å². The molecule has 4 N–H and O–H groups in total. The molecule has 248 valence electrons. The summed E-state index contributed by atoms with van der Waals surface area (Å²) in [7, 11) is 2.13. The fourth-order valence-electron chi connectivity index (χ4n) is 7.95. The van der Waals surface area contributed by atoms with Crippen LogP contribution in [0, 0.1) is 11.3 Å². The molecule has 1 spiro atoms. The molecule has 4 aromatic rings. The van der Waals surface area contributed by atoms with E-state index < -0.39 is 11.6 Å². The first-order valence-electron chi connectivity index (χ1n) is 16.7. The number of nitrogens with one attached hydrogen (secondary N) is 1. The summed E-state index contributed by atoms with van der Waals surface area (Å²) in [5.41, 5.74) is 9.83. The number of hydrogen-bond donors (Lipinski definition) is 3. The number of aryl methyl sites for hydroxylation is 1. The largest absolute Gasteiger partial charge is 0.473 e. The third-order valence-electron chi connectivity index (χ3n) is 9.99. The Balaban J connectivity index is 1.29. The van der Waals surface area contributed by atoms with Gasteiger partial charge in [-0.05, 0) is 97.4 Å². The molecule has 7 rings (SSSR count). The highest BCUT2D eigenvalue weighted by Gasteiger charge is 2.49. The maximum atomic E-state index is 10.5. The van der Waals surface area contributed by atoms with Crippen LogP contribution in [0.4, 0.5) is 5.00 Å². The molecule has 1 unspecified atom stereocenters. The third kappa shape index (κ3) is 5.82. The molecule has 3 aliphatic rings. The van der Waals surface area contributed by atoms with Crippen molar-refractivity contribution in [3.05, 3.63) is 51.4 Å². The summed E-state index contributed by atoms with van der Waals surface area (Å²) in [6.07, 6.45) is 8.95. The van der Waals surface area contributed by atoms with Crippen LogP contribution >= 0.6 is 11.3 Å². The SMILES string of the molecule is CC(C)NC(O)Cc1ccn(-c2cc(O[C@@H](C)[C@@H]3CCCN3C)nc(-c3noc4c3CCC[C@@]43CCCc4sc(N)c(C#N)c43)n2)n1. The Kier molecular flexibility index (Phi) is 8.55. The summed E-state index contributed by atoms with van der Waals surface area (Å²) in [6, 6.07) is 6.52. The molecule has 0 bridgehead atoms. The standard InChI is InChI=1S/C34H43N9O3S/c1-19(2)37-27(44)16-21-11-15-43(40-21)26-17-28(45-20(3)24-9-7-14-42(24)4)39-33(38-26)30-22-8-5-12-34(31(22)46-41-30)13-6-10-25-29(34)23(18-35)32(36)47-25/h11,15,17,19-20,24,27,37,44H,5-10,12-14,16,36H2,1-4H3/t20-,24-,27?,34-/m0/s1. The van der Waals surface area contributed by atoms with Crippen LogP contribution in [0.2, 0.25) is 0 Å². The van der Waals surface area contributed by atoms with Crippen molar-refractivity contribution in [2.45, 2.75) is 108 Å². The molecule has 4 aromatic heterocycles.